The maximum Gasteiger partial charge on any atom is 0.143 e. The van der Waals surface area contributed by atoms with Gasteiger partial charge in [0.15, 0.2) is 0 Å². The summed E-state index contributed by atoms with van der Waals surface area (Å²) in [5.41, 5.74) is 34.8. The fraction of sp³-hybridized carbons (Fsp3) is 0. The molecule has 0 fully saturated rings. The fourth-order valence-electron chi connectivity index (χ4n) is 22.7. The van der Waals surface area contributed by atoms with Crippen molar-refractivity contribution in [1.82, 2.24) is 0 Å². The highest BCUT2D eigenvalue weighted by Crippen LogP contribution is 2.54. The van der Waals surface area contributed by atoms with E-state index >= 15 is 0 Å². The first kappa shape index (κ1) is 77.7. The maximum atomic E-state index is 7.22. The molecule has 28 aromatic rings. The molecule has 0 N–H and O–H groups in total. The predicted molar refractivity (Wildman–Crippen MR) is 579 cm³/mol. The van der Waals surface area contributed by atoms with Crippen LogP contribution in [0, 0.1) is 0 Å². The summed E-state index contributed by atoms with van der Waals surface area (Å²) in [6.07, 6.45) is 0. The average molecular weight is 1740 g/mol. The van der Waals surface area contributed by atoms with Crippen LogP contribution in [0.15, 0.2) is 499 Å². The Kier molecular flexibility index (Phi) is 17.8. The third-order valence-electron chi connectivity index (χ3n) is 29.1. The first-order valence-electron chi connectivity index (χ1n) is 47.2. The van der Waals surface area contributed by atoms with Gasteiger partial charge < -0.3 is 13.3 Å². The van der Waals surface area contributed by atoms with Crippen molar-refractivity contribution in [3.63, 3.8) is 0 Å². The van der Waals surface area contributed by atoms with Gasteiger partial charge in [0.2, 0.25) is 0 Å². The van der Waals surface area contributed by atoms with Gasteiger partial charge in [-0.3, -0.25) is 0 Å². The summed E-state index contributed by atoms with van der Waals surface area (Å²) in [6, 6.07) is 179. The molecule has 3 heteroatoms. The Labute approximate surface area is 789 Å². The summed E-state index contributed by atoms with van der Waals surface area (Å²) < 4.78 is 21.1. The predicted octanol–water partition coefficient (Wildman–Crippen LogP) is 38.3. The first-order chi connectivity index (χ1) is 67.9. The van der Waals surface area contributed by atoms with Gasteiger partial charge in [-0.1, -0.05) is 425 Å². The fourth-order valence-corrected chi connectivity index (χ4v) is 22.7. The van der Waals surface area contributed by atoms with Crippen LogP contribution in [0.4, 0.5) is 0 Å². The van der Waals surface area contributed by atoms with Gasteiger partial charge in [0.1, 0.15) is 33.5 Å². The van der Waals surface area contributed by atoms with Crippen LogP contribution in [0.2, 0.25) is 0 Å². The minimum absolute atomic E-state index is 0.832. The highest BCUT2D eigenvalue weighted by atomic mass is 16.3. The molecular formula is C134H80O3. The Morgan fingerprint density at radius 3 is 0.759 bits per heavy atom. The van der Waals surface area contributed by atoms with Crippen molar-refractivity contribution >= 4 is 152 Å². The molecule has 0 aliphatic carbocycles. The van der Waals surface area contributed by atoms with Gasteiger partial charge in [-0.25, -0.2) is 0 Å². The van der Waals surface area contributed by atoms with Crippen LogP contribution in [0.25, 0.3) is 297 Å². The number of furan rings is 3. The molecule has 634 valence electrons. The van der Waals surface area contributed by atoms with Crippen LogP contribution in [0.1, 0.15) is 0 Å². The molecule has 0 saturated heterocycles. The van der Waals surface area contributed by atoms with E-state index in [9.17, 15) is 0 Å². The third-order valence-corrected chi connectivity index (χ3v) is 29.1. The van der Waals surface area contributed by atoms with E-state index in [2.05, 4.69) is 479 Å². The van der Waals surface area contributed by atoms with E-state index in [0.29, 0.717) is 0 Å². The van der Waals surface area contributed by atoms with Crippen molar-refractivity contribution in [2.75, 3.05) is 0 Å². The van der Waals surface area contributed by atoms with Gasteiger partial charge in [0.05, 0.1) is 0 Å². The number of hydrogen-bond donors (Lipinski definition) is 0. The molecule has 0 saturated carbocycles. The molecule has 0 radical (unpaired) electrons. The molecule has 3 aromatic heterocycles. The van der Waals surface area contributed by atoms with Crippen LogP contribution in [-0.2, 0) is 0 Å². The molecule has 3 heterocycles. The van der Waals surface area contributed by atoms with Gasteiger partial charge in [-0.05, 0) is 275 Å². The molecular weight excluding hydrogens is 1660 g/mol. The molecule has 0 spiro atoms. The molecule has 0 amide bonds. The van der Waals surface area contributed by atoms with E-state index < -0.39 is 0 Å². The summed E-state index contributed by atoms with van der Waals surface area (Å²) >= 11 is 0. The lowest BCUT2D eigenvalue weighted by Crippen LogP contribution is -1.93. The quantitative estimate of drug-likeness (QED) is 0.108. The van der Waals surface area contributed by atoms with Gasteiger partial charge in [-0.2, -0.15) is 0 Å². The third kappa shape index (κ3) is 12.6. The molecule has 25 aromatic carbocycles. The van der Waals surface area contributed by atoms with Crippen molar-refractivity contribution in [2.24, 2.45) is 0 Å². The van der Waals surface area contributed by atoms with Crippen molar-refractivity contribution in [2.45, 2.75) is 0 Å². The van der Waals surface area contributed by atoms with Crippen molar-refractivity contribution < 1.29 is 13.3 Å². The first-order valence-corrected chi connectivity index (χ1v) is 47.2. The van der Waals surface area contributed by atoms with Gasteiger partial charge >= 0.3 is 0 Å². The zero-order valence-corrected chi connectivity index (χ0v) is 74.4. The number of rotatable bonds is 13. The lowest BCUT2D eigenvalue weighted by atomic mass is 9.83. The Balaban J connectivity index is 0.575. The van der Waals surface area contributed by atoms with Gasteiger partial charge in [-0.15, -0.1) is 0 Å². The summed E-state index contributed by atoms with van der Waals surface area (Å²) in [6.45, 7) is 0. The maximum absolute atomic E-state index is 7.22. The van der Waals surface area contributed by atoms with Crippen LogP contribution in [-0.4, -0.2) is 0 Å². The molecule has 3 nitrogen and oxygen atoms in total. The van der Waals surface area contributed by atoms with Crippen molar-refractivity contribution in [3.05, 3.63) is 485 Å². The highest BCUT2D eigenvalue weighted by Gasteiger charge is 2.27. The zero-order chi connectivity index (χ0) is 89.9. The van der Waals surface area contributed by atoms with Crippen molar-refractivity contribution in [3.8, 4) is 145 Å². The summed E-state index contributed by atoms with van der Waals surface area (Å²) in [5.74, 6) is 0. The number of para-hydroxylation sites is 4. The van der Waals surface area contributed by atoms with E-state index in [1.54, 1.807) is 0 Å². The summed E-state index contributed by atoms with van der Waals surface area (Å²) in [7, 11) is 0. The molecule has 0 atom stereocenters. The Morgan fingerprint density at radius 1 is 0.102 bits per heavy atom. The lowest BCUT2D eigenvalue weighted by molar-refractivity contribution is 0.669. The second-order valence-corrected chi connectivity index (χ2v) is 36.5. The second kappa shape index (κ2) is 31.3. The zero-order valence-electron chi connectivity index (χ0n) is 74.4. The summed E-state index contributed by atoms with van der Waals surface area (Å²) in [5, 5.41) is 25.5. The largest absolute Gasteiger partial charge is 0.455 e. The minimum Gasteiger partial charge on any atom is -0.455 e. The van der Waals surface area contributed by atoms with Crippen LogP contribution in [0.3, 0.4) is 0 Å². The Bertz CT molecular complexity index is 9860. The number of fused-ring (bicyclic) bond motifs is 17. The normalized spacial score (nSPS) is 11.9. The Morgan fingerprint density at radius 2 is 0.336 bits per heavy atom. The molecule has 137 heavy (non-hydrogen) atoms. The van der Waals surface area contributed by atoms with E-state index in [4.69, 9.17) is 13.3 Å². The standard InChI is InChI=1S/C134H80O3/c1-5-26-81(27-6-1)82-52-56-89(57-53-82)130-109-68-61-92(94-66-73-125-117(75-94)115-50-25-46-103(134(115)137-125)97-64-71-112-122(80-97)129(90-58-54-85(55-59-90)99-43-21-36-83-28-13-15-38-98(83)99)106-41-17-18-42-107(106)131(112)105-47-22-37-84-29-14-16-39-100(84)105)77-119(109)127(87-32-9-3-10-33-87)111-70-63-96(79-121(111)130)102-45-24-49-114-116-74-93(65-72-124(116)136-133(102)114)91-60-67-108-118(76-91)126(86-30-7-2-8-31-86)110-69-62-95(78-120(110)128(108)88-34-11-4-12-35-88)101-44-23-48-113-104-40-19-20-51-123(104)135-132(101)113/h1-80H. The van der Waals surface area contributed by atoms with Crippen LogP contribution < -0.4 is 0 Å². The van der Waals surface area contributed by atoms with Crippen LogP contribution >= 0.6 is 0 Å². The van der Waals surface area contributed by atoms with E-state index in [1.165, 1.54) is 115 Å². The Hall–Kier alpha value is -18.0. The SMILES string of the molecule is c1ccc(-c2ccc(-c3c4ccc(-c5ccc6oc7c(-c8ccc9c(-c%10cccc%11ccccc%10%11)c%10ccccc%10c(-c%10ccc(-c%11cccc%12ccccc%11%12)cc%10)c9c8)cccc7c6c5)cc4c(-c4ccccc4)c4ccc(-c5cccc6c5oc5ccc(-c7ccc8c(-c9ccccc9)c9cc(-c%10cccc%11c%10oc%10ccccc%10%11)ccc9c(-c9ccccc9)c8c7)cc56)cc34)cc2)cc1. The minimum atomic E-state index is 0.832. The number of benzene rings is 25. The van der Waals surface area contributed by atoms with Crippen LogP contribution in [0.5, 0.6) is 0 Å². The van der Waals surface area contributed by atoms with E-state index in [-0.39, 0.29) is 0 Å². The second-order valence-electron chi connectivity index (χ2n) is 36.5. The molecule has 28 rings (SSSR count). The van der Waals surface area contributed by atoms with E-state index in [1.807, 2.05) is 6.07 Å². The molecule has 0 bridgehead atoms. The van der Waals surface area contributed by atoms with Gasteiger partial charge in [0, 0.05) is 49.0 Å². The van der Waals surface area contributed by atoms with Gasteiger partial charge in [0.25, 0.3) is 0 Å². The van der Waals surface area contributed by atoms with Crippen molar-refractivity contribution in [1.29, 1.82) is 0 Å². The monoisotopic (exact) mass is 1740 g/mol. The lowest BCUT2D eigenvalue weighted by Gasteiger charge is -2.20. The molecule has 0 aliphatic heterocycles. The molecule has 0 aliphatic rings. The molecule has 0 unspecified atom stereocenters. The number of hydrogen-bond acceptors (Lipinski definition) is 3. The highest BCUT2D eigenvalue weighted by molar-refractivity contribution is 6.28. The summed E-state index contributed by atoms with van der Waals surface area (Å²) in [4.78, 5) is 0. The topological polar surface area (TPSA) is 39.4 Å². The smallest absolute Gasteiger partial charge is 0.143 e. The van der Waals surface area contributed by atoms with E-state index in [0.717, 1.165) is 182 Å². The average Bonchev–Trinajstić information content (AvgIpc) is 1.65.